The highest BCUT2D eigenvalue weighted by atomic mass is 35.5. The molecule has 1 fully saturated rings. The average Bonchev–Trinajstić information content (AvgIpc) is 3.61. The number of nitrogens with one attached hydrogen (secondary N) is 2. The Hall–Kier alpha value is -3.75. The molecule has 2 N–H and O–H groups in total. The Morgan fingerprint density at radius 2 is 1.77 bits per heavy atom. The maximum absolute atomic E-state index is 13.4. The number of carbonyl (C=O) groups excluding carboxylic acids is 3. The van der Waals surface area contributed by atoms with Crippen molar-refractivity contribution in [1.29, 1.82) is 0 Å². The van der Waals surface area contributed by atoms with Gasteiger partial charge in [0.15, 0.2) is 0 Å². The lowest BCUT2D eigenvalue weighted by Gasteiger charge is -2.11. The number of aromatic nitrogens is 3. The minimum atomic E-state index is -0.471. The van der Waals surface area contributed by atoms with Gasteiger partial charge in [-0.05, 0) is 49.2 Å². The largest absolute Gasteiger partial charge is 0.346 e. The van der Waals surface area contributed by atoms with Crippen molar-refractivity contribution in [2.24, 2.45) is 5.92 Å². The van der Waals surface area contributed by atoms with Crippen LogP contribution in [0.15, 0.2) is 61.1 Å². The highest BCUT2D eigenvalue weighted by molar-refractivity contribution is 6.40. The van der Waals surface area contributed by atoms with E-state index in [0.717, 1.165) is 12.8 Å². The van der Waals surface area contributed by atoms with Crippen molar-refractivity contribution in [1.82, 2.24) is 19.9 Å². The average molecular weight is 508 g/mol. The van der Waals surface area contributed by atoms with Crippen LogP contribution >= 0.6 is 23.2 Å². The number of benzene rings is 1. The van der Waals surface area contributed by atoms with Crippen LogP contribution in [-0.4, -0.2) is 32.3 Å². The normalized spacial score (nSPS) is 13.0. The molecule has 35 heavy (non-hydrogen) atoms. The van der Waals surface area contributed by atoms with E-state index in [1.54, 1.807) is 36.7 Å². The molecule has 0 saturated heterocycles. The first kappa shape index (κ1) is 23.0. The molecule has 0 bridgehead atoms. The van der Waals surface area contributed by atoms with Crippen LogP contribution in [0.2, 0.25) is 10.0 Å². The second-order valence-electron chi connectivity index (χ2n) is 8.17. The van der Waals surface area contributed by atoms with E-state index >= 15 is 0 Å². The maximum atomic E-state index is 13.4. The molecule has 1 aliphatic rings. The molecule has 176 valence electrons. The topological polar surface area (TPSA) is 106 Å². The summed E-state index contributed by atoms with van der Waals surface area (Å²) >= 11 is 12.8. The van der Waals surface area contributed by atoms with Gasteiger partial charge >= 0.3 is 0 Å². The zero-order valence-corrected chi connectivity index (χ0v) is 19.8. The summed E-state index contributed by atoms with van der Waals surface area (Å²) in [6, 6.07) is 11.6. The summed E-state index contributed by atoms with van der Waals surface area (Å²) in [6.45, 7) is 0.235. The lowest BCUT2D eigenvalue weighted by Crippen LogP contribution is -2.23. The summed E-state index contributed by atoms with van der Waals surface area (Å²) < 4.78 is 1.39. The third kappa shape index (κ3) is 4.76. The molecule has 4 aromatic rings. The predicted molar refractivity (Wildman–Crippen MR) is 133 cm³/mol. The van der Waals surface area contributed by atoms with Crippen LogP contribution in [0, 0.1) is 5.92 Å². The lowest BCUT2D eigenvalue weighted by atomic mass is 10.1. The van der Waals surface area contributed by atoms with Gasteiger partial charge in [-0.2, -0.15) is 0 Å². The van der Waals surface area contributed by atoms with Gasteiger partial charge < -0.3 is 10.6 Å². The van der Waals surface area contributed by atoms with E-state index < -0.39 is 11.8 Å². The van der Waals surface area contributed by atoms with Crippen molar-refractivity contribution in [2.75, 3.05) is 5.32 Å². The van der Waals surface area contributed by atoms with Crippen LogP contribution in [0.25, 0.3) is 10.9 Å². The number of rotatable bonds is 6. The maximum Gasteiger partial charge on any atom is 0.265 e. The summed E-state index contributed by atoms with van der Waals surface area (Å²) in [6.07, 6.45) is 6.47. The van der Waals surface area contributed by atoms with Gasteiger partial charge in [-0.3, -0.25) is 23.9 Å². The molecular formula is C25H19Cl2N5O3. The van der Waals surface area contributed by atoms with Gasteiger partial charge in [0.2, 0.25) is 5.91 Å². The van der Waals surface area contributed by atoms with Gasteiger partial charge in [-0.25, -0.2) is 4.98 Å². The smallest absolute Gasteiger partial charge is 0.265 e. The number of anilines is 1. The zero-order valence-electron chi connectivity index (χ0n) is 18.3. The van der Waals surface area contributed by atoms with E-state index in [1.165, 1.54) is 22.9 Å². The van der Waals surface area contributed by atoms with Gasteiger partial charge in [0, 0.05) is 35.5 Å². The molecule has 10 heteroatoms. The van der Waals surface area contributed by atoms with Crippen LogP contribution in [0.1, 0.15) is 39.3 Å². The summed E-state index contributed by atoms with van der Waals surface area (Å²) in [5.41, 5.74) is 1.53. The fourth-order valence-electron chi connectivity index (χ4n) is 3.71. The Kier molecular flexibility index (Phi) is 6.23. The minimum absolute atomic E-state index is 0.0213. The van der Waals surface area contributed by atoms with Crippen LogP contribution < -0.4 is 10.6 Å². The Bertz CT molecular complexity index is 1440. The van der Waals surface area contributed by atoms with Crippen molar-refractivity contribution in [2.45, 2.75) is 19.4 Å². The minimum Gasteiger partial charge on any atom is -0.346 e. The molecule has 3 heterocycles. The lowest BCUT2D eigenvalue weighted by molar-refractivity contribution is -0.117. The Labute approximate surface area is 210 Å². The van der Waals surface area contributed by atoms with Crippen molar-refractivity contribution < 1.29 is 14.4 Å². The van der Waals surface area contributed by atoms with Crippen LogP contribution in [0.5, 0.6) is 0 Å². The number of nitrogens with zero attached hydrogens (tertiary/aromatic N) is 3. The first-order valence-corrected chi connectivity index (χ1v) is 11.7. The van der Waals surface area contributed by atoms with Crippen molar-refractivity contribution in [3.8, 4) is 0 Å². The summed E-state index contributed by atoms with van der Waals surface area (Å²) in [4.78, 5) is 46.6. The molecule has 0 unspecified atom stereocenters. The molecule has 2 amide bonds. The molecule has 0 radical (unpaired) electrons. The number of hydrogen-bond acceptors (Lipinski definition) is 5. The van der Waals surface area contributed by atoms with E-state index in [0.29, 0.717) is 22.4 Å². The first-order valence-electron chi connectivity index (χ1n) is 10.9. The third-order valence-corrected chi connectivity index (χ3v) is 6.30. The predicted octanol–water partition coefficient (Wildman–Crippen LogP) is 4.71. The first-order chi connectivity index (χ1) is 16.9. The van der Waals surface area contributed by atoms with E-state index in [2.05, 4.69) is 20.6 Å². The van der Waals surface area contributed by atoms with E-state index in [4.69, 9.17) is 23.2 Å². The van der Waals surface area contributed by atoms with Gasteiger partial charge in [0.05, 0.1) is 33.4 Å². The molecule has 0 aliphatic heterocycles. The molecule has 5 rings (SSSR count). The van der Waals surface area contributed by atoms with E-state index in [-0.39, 0.29) is 39.5 Å². The third-order valence-electron chi connectivity index (χ3n) is 5.70. The fraction of sp³-hybridized carbons (Fsp3) is 0.160. The number of hydrogen-bond donors (Lipinski definition) is 2. The standard InChI is InChI=1S/C25H19Cl2N5O3/c26-18-11-15(23(33)30-13-16-3-1-2-8-28-16)12-19(27)21(18)25(35)32-10-7-17-20(32)6-9-29-22(17)31-24(34)14-4-5-14/h1-3,6-12,14H,4-5,13H2,(H,30,33)(H,29,31,34). The van der Waals surface area contributed by atoms with Crippen LogP contribution in [0.3, 0.4) is 0 Å². The van der Waals surface area contributed by atoms with E-state index in [9.17, 15) is 14.4 Å². The summed E-state index contributed by atoms with van der Waals surface area (Å²) in [5.74, 6) is -0.531. The Balaban J connectivity index is 1.39. The molecule has 3 aromatic heterocycles. The van der Waals surface area contributed by atoms with Gasteiger partial charge in [0.1, 0.15) is 5.82 Å². The fourth-order valence-corrected chi connectivity index (χ4v) is 4.36. The molecule has 1 aromatic carbocycles. The highest BCUT2D eigenvalue weighted by Gasteiger charge is 2.30. The Morgan fingerprint density at radius 3 is 2.46 bits per heavy atom. The summed E-state index contributed by atoms with van der Waals surface area (Å²) in [5, 5.41) is 6.29. The number of amides is 2. The van der Waals surface area contributed by atoms with Crippen LogP contribution in [0.4, 0.5) is 5.82 Å². The monoisotopic (exact) mass is 507 g/mol. The molecule has 1 aliphatic carbocycles. The molecule has 0 spiro atoms. The summed E-state index contributed by atoms with van der Waals surface area (Å²) in [7, 11) is 0. The second-order valence-corrected chi connectivity index (χ2v) is 8.98. The van der Waals surface area contributed by atoms with Crippen molar-refractivity contribution in [3.05, 3.63) is 87.9 Å². The molecule has 8 nitrogen and oxygen atoms in total. The number of carbonyl (C=O) groups is 3. The van der Waals surface area contributed by atoms with Gasteiger partial charge in [-0.1, -0.05) is 29.3 Å². The van der Waals surface area contributed by atoms with Gasteiger partial charge in [0.25, 0.3) is 11.8 Å². The highest BCUT2D eigenvalue weighted by Crippen LogP contribution is 2.32. The number of pyridine rings is 2. The zero-order chi connectivity index (χ0) is 24.5. The van der Waals surface area contributed by atoms with E-state index in [1.807, 2.05) is 6.07 Å². The SMILES string of the molecule is O=C(NCc1ccccn1)c1cc(Cl)c(C(=O)n2ccc3c(NC(=O)C4CC4)nccc32)c(Cl)c1. The van der Waals surface area contributed by atoms with Crippen molar-refractivity contribution >= 4 is 57.6 Å². The Morgan fingerprint density at radius 1 is 1.00 bits per heavy atom. The van der Waals surface area contributed by atoms with Gasteiger partial charge in [-0.15, -0.1) is 0 Å². The molecule has 1 saturated carbocycles. The van der Waals surface area contributed by atoms with Crippen molar-refractivity contribution in [3.63, 3.8) is 0 Å². The molecular weight excluding hydrogens is 489 g/mol. The number of fused-ring (bicyclic) bond motifs is 1. The second kappa shape index (κ2) is 9.48. The molecule has 0 atom stereocenters. The quantitative estimate of drug-likeness (QED) is 0.393. The van der Waals surface area contributed by atoms with Crippen LogP contribution in [-0.2, 0) is 11.3 Å². The number of halogens is 2.